The van der Waals surface area contributed by atoms with Crippen LogP contribution in [0.4, 0.5) is 5.69 Å². The lowest BCUT2D eigenvalue weighted by Gasteiger charge is -2.36. The van der Waals surface area contributed by atoms with Crippen LogP contribution in [0.25, 0.3) is 11.1 Å². The summed E-state index contributed by atoms with van der Waals surface area (Å²) in [7, 11) is 2.17. The highest BCUT2D eigenvalue weighted by atomic mass is 16.5. The minimum absolute atomic E-state index is 0.0633. The third-order valence-corrected chi connectivity index (χ3v) is 7.24. The van der Waals surface area contributed by atoms with Gasteiger partial charge in [0.15, 0.2) is 0 Å². The molecule has 1 fully saturated rings. The third-order valence-electron chi connectivity index (χ3n) is 7.24. The summed E-state index contributed by atoms with van der Waals surface area (Å²) in [6, 6.07) is 25.6. The van der Waals surface area contributed by atoms with E-state index in [9.17, 15) is 4.79 Å². The number of carbonyl (C=O) groups is 1. The van der Waals surface area contributed by atoms with Gasteiger partial charge in [-0.15, -0.1) is 0 Å². The standard InChI is InChI=1S/C30H35N3O2/c1-32-15-5-8-26-21-27(13-14-28(26)32)29(33-16-18-35-19-17-33)22-31-30(34)20-23-9-11-25(12-10-23)24-6-3-2-4-7-24/h2-4,6-7,9-14,21,29H,5,8,15-20,22H2,1H3,(H,31,34)/t29-/m1/s1. The van der Waals surface area contributed by atoms with Crippen molar-refractivity contribution in [3.63, 3.8) is 0 Å². The van der Waals surface area contributed by atoms with Gasteiger partial charge in [-0.2, -0.15) is 0 Å². The predicted molar refractivity (Wildman–Crippen MR) is 142 cm³/mol. The Hall–Kier alpha value is -3.15. The van der Waals surface area contributed by atoms with Crippen molar-refractivity contribution in [3.8, 4) is 11.1 Å². The van der Waals surface area contributed by atoms with E-state index in [0.717, 1.165) is 44.8 Å². The molecule has 2 aliphatic rings. The molecular weight excluding hydrogens is 434 g/mol. The quantitative estimate of drug-likeness (QED) is 0.555. The van der Waals surface area contributed by atoms with Gasteiger partial charge < -0.3 is 15.0 Å². The van der Waals surface area contributed by atoms with Crippen molar-refractivity contribution in [2.24, 2.45) is 0 Å². The number of nitrogens with zero attached hydrogens (tertiary/aromatic N) is 2. The zero-order chi connectivity index (χ0) is 24.0. The van der Waals surface area contributed by atoms with Crippen LogP contribution in [-0.2, 0) is 22.4 Å². The molecule has 5 nitrogen and oxygen atoms in total. The van der Waals surface area contributed by atoms with E-state index in [-0.39, 0.29) is 11.9 Å². The molecule has 1 amide bonds. The van der Waals surface area contributed by atoms with E-state index in [1.54, 1.807) is 0 Å². The number of rotatable bonds is 7. The molecular formula is C30H35N3O2. The van der Waals surface area contributed by atoms with Gasteiger partial charge in [-0.3, -0.25) is 9.69 Å². The summed E-state index contributed by atoms with van der Waals surface area (Å²) in [4.78, 5) is 17.7. The first-order chi connectivity index (χ1) is 17.2. The van der Waals surface area contributed by atoms with Crippen molar-refractivity contribution in [1.29, 1.82) is 0 Å². The van der Waals surface area contributed by atoms with Crippen LogP contribution in [0.15, 0.2) is 72.8 Å². The molecule has 0 spiro atoms. The van der Waals surface area contributed by atoms with Crippen LogP contribution in [0.5, 0.6) is 0 Å². The van der Waals surface area contributed by atoms with Gasteiger partial charge in [0, 0.05) is 38.9 Å². The predicted octanol–water partition coefficient (Wildman–Crippen LogP) is 4.47. The fourth-order valence-corrected chi connectivity index (χ4v) is 5.26. The van der Waals surface area contributed by atoms with Gasteiger partial charge in [-0.25, -0.2) is 0 Å². The summed E-state index contributed by atoms with van der Waals surface area (Å²) in [6.07, 6.45) is 2.70. The maximum Gasteiger partial charge on any atom is 0.224 e. The van der Waals surface area contributed by atoms with Crippen molar-refractivity contribution in [3.05, 3.63) is 89.5 Å². The van der Waals surface area contributed by atoms with E-state index in [1.165, 1.54) is 34.4 Å². The number of hydrogen-bond donors (Lipinski definition) is 1. The molecule has 182 valence electrons. The molecule has 1 N–H and O–H groups in total. The highest BCUT2D eigenvalue weighted by Crippen LogP contribution is 2.31. The molecule has 35 heavy (non-hydrogen) atoms. The van der Waals surface area contributed by atoms with Crippen LogP contribution in [-0.4, -0.2) is 57.2 Å². The molecule has 2 aliphatic heterocycles. The second-order valence-corrected chi connectivity index (χ2v) is 9.62. The Kier molecular flexibility index (Phi) is 7.45. The highest BCUT2D eigenvalue weighted by Gasteiger charge is 2.25. The first-order valence-electron chi connectivity index (χ1n) is 12.7. The van der Waals surface area contributed by atoms with Crippen LogP contribution >= 0.6 is 0 Å². The van der Waals surface area contributed by atoms with Crippen LogP contribution in [0, 0.1) is 0 Å². The molecule has 3 aromatic carbocycles. The lowest BCUT2D eigenvalue weighted by Crippen LogP contribution is -2.44. The van der Waals surface area contributed by atoms with E-state index in [1.807, 2.05) is 18.2 Å². The van der Waals surface area contributed by atoms with Gasteiger partial charge in [-0.1, -0.05) is 66.7 Å². The Balaban J connectivity index is 1.25. The Morgan fingerprint density at radius 3 is 2.46 bits per heavy atom. The van der Waals surface area contributed by atoms with Gasteiger partial charge in [0.1, 0.15) is 0 Å². The largest absolute Gasteiger partial charge is 0.379 e. The fraction of sp³-hybridized carbons (Fsp3) is 0.367. The topological polar surface area (TPSA) is 44.8 Å². The van der Waals surface area contributed by atoms with Crippen LogP contribution in [0.3, 0.4) is 0 Å². The van der Waals surface area contributed by atoms with Gasteiger partial charge in [0.25, 0.3) is 0 Å². The van der Waals surface area contributed by atoms with Crippen molar-refractivity contribution in [2.75, 3.05) is 51.3 Å². The normalized spacial score (nSPS) is 17.0. The summed E-state index contributed by atoms with van der Waals surface area (Å²) in [5.41, 5.74) is 7.42. The molecule has 2 heterocycles. The molecule has 0 radical (unpaired) electrons. The summed E-state index contributed by atoms with van der Waals surface area (Å²) in [5.74, 6) is 0.0633. The van der Waals surface area contributed by atoms with Crippen LogP contribution in [0.1, 0.15) is 29.2 Å². The number of carbonyl (C=O) groups excluding carboxylic acids is 1. The monoisotopic (exact) mass is 469 g/mol. The minimum Gasteiger partial charge on any atom is -0.379 e. The minimum atomic E-state index is 0.0633. The van der Waals surface area contributed by atoms with Gasteiger partial charge in [-0.05, 0) is 46.7 Å². The van der Waals surface area contributed by atoms with Crippen molar-refractivity contribution < 1.29 is 9.53 Å². The average molecular weight is 470 g/mol. The first kappa shape index (κ1) is 23.6. The summed E-state index contributed by atoms with van der Waals surface area (Å²) in [6.45, 7) is 4.98. The van der Waals surface area contributed by atoms with Gasteiger partial charge >= 0.3 is 0 Å². The Bertz CT molecular complexity index is 1120. The number of benzene rings is 3. The maximum atomic E-state index is 12.9. The van der Waals surface area contributed by atoms with Gasteiger partial charge in [0.05, 0.1) is 25.7 Å². The number of fused-ring (bicyclic) bond motifs is 1. The number of nitrogens with one attached hydrogen (secondary N) is 1. The Labute approximate surface area is 208 Å². The Morgan fingerprint density at radius 1 is 0.943 bits per heavy atom. The SMILES string of the molecule is CN1CCCc2cc([C@@H](CNC(=O)Cc3ccc(-c4ccccc4)cc3)N3CCOCC3)ccc21. The molecule has 1 atom stereocenters. The number of anilines is 1. The average Bonchev–Trinajstić information content (AvgIpc) is 2.90. The highest BCUT2D eigenvalue weighted by molar-refractivity contribution is 5.79. The van der Waals surface area contributed by atoms with Gasteiger partial charge in [0.2, 0.25) is 5.91 Å². The number of amides is 1. The molecule has 0 bridgehead atoms. The number of morpholine rings is 1. The molecule has 5 heteroatoms. The van der Waals surface area contributed by atoms with E-state index in [2.05, 4.69) is 76.8 Å². The van der Waals surface area contributed by atoms with Crippen molar-refractivity contribution in [2.45, 2.75) is 25.3 Å². The molecule has 5 rings (SSSR count). The molecule has 0 saturated carbocycles. The lowest BCUT2D eigenvalue weighted by atomic mass is 9.95. The maximum absolute atomic E-state index is 12.9. The second kappa shape index (κ2) is 11.1. The number of ether oxygens (including phenoxy) is 1. The molecule has 0 aromatic heterocycles. The third kappa shape index (κ3) is 5.75. The summed E-state index contributed by atoms with van der Waals surface area (Å²) in [5, 5.41) is 3.23. The van der Waals surface area contributed by atoms with Crippen LogP contribution in [0.2, 0.25) is 0 Å². The zero-order valence-electron chi connectivity index (χ0n) is 20.6. The fourth-order valence-electron chi connectivity index (χ4n) is 5.26. The van der Waals surface area contributed by atoms with E-state index in [0.29, 0.717) is 13.0 Å². The zero-order valence-corrected chi connectivity index (χ0v) is 20.6. The number of aryl methyl sites for hydroxylation is 1. The van der Waals surface area contributed by atoms with Crippen LogP contribution < -0.4 is 10.2 Å². The molecule has 0 aliphatic carbocycles. The molecule has 1 saturated heterocycles. The lowest BCUT2D eigenvalue weighted by molar-refractivity contribution is -0.120. The van der Waals surface area contributed by atoms with E-state index in [4.69, 9.17) is 4.74 Å². The van der Waals surface area contributed by atoms with Crippen molar-refractivity contribution in [1.82, 2.24) is 10.2 Å². The van der Waals surface area contributed by atoms with E-state index >= 15 is 0 Å². The molecule has 0 unspecified atom stereocenters. The number of hydrogen-bond acceptors (Lipinski definition) is 4. The summed E-state index contributed by atoms with van der Waals surface area (Å²) >= 11 is 0. The second-order valence-electron chi connectivity index (χ2n) is 9.62. The summed E-state index contributed by atoms with van der Waals surface area (Å²) < 4.78 is 5.60. The van der Waals surface area contributed by atoms with E-state index < -0.39 is 0 Å². The smallest absolute Gasteiger partial charge is 0.224 e. The Morgan fingerprint density at radius 2 is 1.69 bits per heavy atom. The molecule has 3 aromatic rings. The van der Waals surface area contributed by atoms with Crippen molar-refractivity contribution >= 4 is 11.6 Å². The first-order valence-corrected chi connectivity index (χ1v) is 12.7.